The van der Waals surface area contributed by atoms with E-state index in [4.69, 9.17) is 9.47 Å². The van der Waals surface area contributed by atoms with E-state index in [1.807, 2.05) is 6.92 Å². The number of ether oxygens (including phenoxy) is 2. The third kappa shape index (κ3) is 3.07. The van der Waals surface area contributed by atoms with Gasteiger partial charge in [-0.1, -0.05) is 6.07 Å². The summed E-state index contributed by atoms with van der Waals surface area (Å²) in [4.78, 5) is 2.25. The van der Waals surface area contributed by atoms with Crippen LogP contribution in [0.4, 0.5) is 0 Å². The number of fused-ring (bicyclic) bond motifs is 1. The molecule has 0 bridgehead atoms. The zero-order chi connectivity index (χ0) is 14.8. The summed E-state index contributed by atoms with van der Waals surface area (Å²) in [6.45, 7) is 4.90. The number of aryl methyl sites for hydroxylation is 2. The highest BCUT2D eigenvalue weighted by Crippen LogP contribution is 2.31. The lowest BCUT2D eigenvalue weighted by molar-refractivity contribution is -0.00245. The zero-order valence-corrected chi connectivity index (χ0v) is 13.0. The molecule has 1 N–H and O–H groups in total. The minimum Gasteiger partial charge on any atom is -0.496 e. The molecule has 2 aliphatic rings. The number of likely N-dealkylation sites (tertiary alicyclic amines) is 1. The van der Waals surface area contributed by atoms with Crippen LogP contribution in [0.15, 0.2) is 12.1 Å². The van der Waals surface area contributed by atoms with Gasteiger partial charge in [-0.25, -0.2) is 0 Å². The maximum absolute atomic E-state index is 10.1. The SMILES string of the molecule is CCO[C@H]1CN(Cc2cc3c(cc2OC)CCC3)C[C@@H]1O. The summed E-state index contributed by atoms with van der Waals surface area (Å²) in [7, 11) is 1.74. The molecular formula is C17H25NO3. The molecule has 1 aromatic carbocycles. The Labute approximate surface area is 126 Å². The highest BCUT2D eigenvalue weighted by molar-refractivity contribution is 5.44. The van der Waals surface area contributed by atoms with Gasteiger partial charge in [0.15, 0.2) is 0 Å². The molecule has 0 radical (unpaired) electrons. The van der Waals surface area contributed by atoms with Crippen LogP contribution in [0.1, 0.15) is 30.0 Å². The third-order valence-corrected chi connectivity index (χ3v) is 4.58. The molecule has 1 fully saturated rings. The van der Waals surface area contributed by atoms with Gasteiger partial charge in [-0.2, -0.15) is 0 Å². The van der Waals surface area contributed by atoms with Crippen molar-refractivity contribution < 1.29 is 14.6 Å². The Morgan fingerprint density at radius 2 is 2.00 bits per heavy atom. The Kier molecular flexibility index (Phi) is 4.48. The van der Waals surface area contributed by atoms with Gasteiger partial charge in [0.25, 0.3) is 0 Å². The highest BCUT2D eigenvalue weighted by Gasteiger charge is 2.32. The van der Waals surface area contributed by atoms with E-state index in [2.05, 4.69) is 17.0 Å². The molecule has 0 amide bonds. The van der Waals surface area contributed by atoms with Gasteiger partial charge in [-0.05, 0) is 43.4 Å². The van der Waals surface area contributed by atoms with Crippen molar-refractivity contribution in [2.24, 2.45) is 0 Å². The summed E-state index contributed by atoms with van der Waals surface area (Å²) in [5.74, 6) is 0.977. The van der Waals surface area contributed by atoms with Crippen LogP contribution >= 0.6 is 0 Å². The minimum absolute atomic E-state index is 0.0598. The molecular weight excluding hydrogens is 266 g/mol. The molecule has 0 spiro atoms. The number of hydrogen-bond acceptors (Lipinski definition) is 4. The smallest absolute Gasteiger partial charge is 0.123 e. The van der Waals surface area contributed by atoms with Crippen LogP contribution in [0.2, 0.25) is 0 Å². The van der Waals surface area contributed by atoms with Gasteiger partial charge >= 0.3 is 0 Å². The van der Waals surface area contributed by atoms with E-state index in [0.29, 0.717) is 13.2 Å². The fourth-order valence-corrected chi connectivity index (χ4v) is 3.55. The molecule has 1 saturated heterocycles. The first-order valence-corrected chi connectivity index (χ1v) is 7.92. The van der Waals surface area contributed by atoms with Crippen LogP contribution in [-0.4, -0.2) is 49.0 Å². The lowest BCUT2D eigenvalue weighted by Crippen LogP contribution is -2.26. The Bertz CT molecular complexity index is 503. The minimum atomic E-state index is -0.384. The Balaban J connectivity index is 1.73. The van der Waals surface area contributed by atoms with Gasteiger partial charge in [0.2, 0.25) is 0 Å². The zero-order valence-electron chi connectivity index (χ0n) is 13.0. The van der Waals surface area contributed by atoms with Crippen molar-refractivity contribution in [3.8, 4) is 5.75 Å². The van der Waals surface area contributed by atoms with Gasteiger partial charge in [-0.15, -0.1) is 0 Å². The molecule has 3 rings (SSSR count). The second kappa shape index (κ2) is 6.34. The van der Waals surface area contributed by atoms with E-state index in [9.17, 15) is 5.11 Å². The molecule has 1 aromatic rings. The number of rotatable bonds is 5. The lowest BCUT2D eigenvalue weighted by Gasteiger charge is -2.18. The third-order valence-electron chi connectivity index (χ3n) is 4.58. The van der Waals surface area contributed by atoms with Crippen LogP contribution in [0.5, 0.6) is 5.75 Å². The average molecular weight is 291 g/mol. The fourth-order valence-electron chi connectivity index (χ4n) is 3.55. The molecule has 0 aromatic heterocycles. The van der Waals surface area contributed by atoms with Crippen LogP contribution in [-0.2, 0) is 24.1 Å². The highest BCUT2D eigenvalue weighted by atomic mass is 16.5. The summed E-state index contributed by atoms with van der Waals surface area (Å²) < 4.78 is 11.2. The van der Waals surface area contributed by atoms with E-state index in [0.717, 1.165) is 18.8 Å². The first-order chi connectivity index (χ1) is 10.2. The average Bonchev–Trinajstić information content (AvgIpc) is 3.05. The number of aliphatic hydroxyl groups is 1. The van der Waals surface area contributed by atoms with Gasteiger partial charge in [0, 0.05) is 31.8 Å². The number of benzene rings is 1. The van der Waals surface area contributed by atoms with Gasteiger partial charge in [-0.3, -0.25) is 4.90 Å². The molecule has 1 heterocycles. The van der Waals surface area contributed by atoms with Crippen molar-refractivity contribution >= 4 is 0 Å². The van der Waals surface area contributed by atoms with Crippen LogP contribution in [0, 0.1) is 0 Å². The molecule has 0 unspecified atom stereocenters. The Hall–Kier alpha value is -1.10. The summed E-state index contributed by atoms with van der Waals surface area (Å²) in [5.41, 5.74) is 4.12. The van der Waals surface area contributed by atoms with Crippen molar-refractivity contribution in [1.82, 2.24) is 4.90 Å². The normalized spacial score (nSPS) is 25.3. The van der Waals surface area contributed by atoms with Crippen LogP contribution < -0.4 is 4.74 Å². The van der Waals surface area contributed by atoms with E-state index in [-0.39, 0.29) is 12.2 Å². The van der Waals surface area contributed by atoms with E-state index >= 15 is 0 Å². The molecule has 21 heavy (non-hydrogen) atoms. The maximum atomic E-state index is 10.1. The van der Waals surface area contributed by atoms with Crippen molar-refractivity contribution in [1.29, 1.82) is 0 Å². The predicted octanol–water partition coefficient (Wildman–Crippen LogP) is 1.77. The van der Waals surface area contributed by atoms with E-state index in [1.165, 1.54) is 36.0 Å². The Morgan fingerprint density at radius 3 is 2.71 bits per heavy atom. The van der Waals surface area contributed by atoms with Gasteiger partial charge in [0.1, 0.15) is 5.75 Å². The first-order valence-electron chi connectivity index (χ1n) is 7.92. The lowest BCUT2D eigenvalue weighted by atomic mass is 10.0. The molecule has 116 valence electrons. The molecule has 0 saturated carbocycles. The number of β-amino-alcohol motifs (C(OH)–C–C–N with tert-alkyl or cyclic N) is 1. The number of nitrogens with zero attached hydrogens (tertiary/aromatic N) is 1. The van der Waals surface area contributed by atoms with E-state index < -0.39 is 0 Å². The Morgan fingerprint density at radius 1 is 1.24 bits per heavy atom. The second-order valence-corrected chi connectivity index (χ2v) is 6.04. The maximum Gasteiger partial charge on any atom is 0.123 e. The molecule has 1 aliphatic heterocycles. The largest absolute Gasteiger partial charge is 0.496 e. The summed E-state index contributed by atoms with van der Waals surface area (Å²) in [5, 5.41) is 10.1. The molecule has 4 heteroatoms. The van der Waals surface area contributed by atoms with Crippen molar-refractivity contribution in [2.45, 2.75) is 44.9 Å². The fraction of sp³-hybridized carbons (Fsp3) is 0.647. The second-order valence-electron chi connectivity index (χ2n) is 6.04. The quantitative estimate of drug-likeness (QED) is 0.898. The predicted molar refractivity (Wildman–Crippen MR) is 81.7 cm³/mol. The van der Waals surface area contributed by atoms with Crippen molar-refractivity contribution in [3.05, 3.63) is 28.8 Å². The molecule has 1 aliphatic carbocycles. The number of methoxy groups -OCH3 is 1. The summed E-state index contributed by atoms with van der Waals surface area (Å²) in [6, 6.07) is 4.49. The van der Waals surface area contributed by atoms with Gasteiger partial charge < -0.3 is 14.6 Å². The topological polar surface area (TPSA) is 41.9 Å². The monoisotopic (exact) mass is 291 g/mol. The van der Waals surface area contributed by atoms with E-state index in [1.54, 1.807) is 7.11 Å². The standard InChI is InChI=1S/C17H25NO3/c1-3-21-17-11-18(10-15(17)19)9-14-7-12-5-4-6-13(12)8-16(14)20-2/h7-8,15,17,19H,3-6,9-11H2,1-2H3/t15-,17-/m0/s1. The molecule has 2 atom stereocenters. The van der Waals surface area contributed by atoms with Crippen molar-refractivity contribution in [2.75, 3.05) is 26.8 Å². The summed E-state index contributed by atoms with van der Waals surface area (Å²) in [6.07, 6.45) is 3.15. The van der Waals surface area contributed by atoms with Gasteiger partial charge in [0.05, 0.1) is 19.3 Å². The van der Waals surface area contributed by atoms with Crippen molar-refractivity contribution in [3.63, 3.8) is 0 Å². The van der Waals surface area contributed by atoms with Crippen LogP contribution in [0.25, 0.3) is 0 Å². The summed E-state index contributed by atoms with van der Waals surface area (Å²) >= 11 is 0. The van der Waals surface area contributed by atoms with Crippen LogP contribution in [0.3, 0.4) is 0 Å². The number of hydrogen-bond donors (Lipinski definition) is 1. The number of aliphatic hydroxyl groups excluding tert-OH is 1. The molecule has 4 nitrogen and oxygen atoms in total. The first kappa shape index (κ1) is 14.8.